The summed E-state index contributed by atoms with van der Waals surface area (Å²) in [6.45, 7) is 7.22. The van der Waals surface area contributed by atoms with Crippen molar-refractivity contribution in [2.24, 2.45) is 0 Å². The van der Waals surface area contributed by atoms with Crippen LogP contribution >= 0.6 is 0 Å². The van der Waals surface area contributed by atoms with Crippen molar-refractivity contribution in [3.8, 4) is 11.5 Å². The Kier molecular flexibility index (Phi) is 11.4. The van der Waals surface area contributed by atoms with E-state index >= 15 is 0 Å². The van der Waals surface area contributed by atoms with Gasteiger partial charge in [-0.25, -0.2) is 8.42 Å². The molecular formula is C32H41N3O6S. The molecule has 2 amide bonds. The van der Waals surface area contributed by atoms with Crippen molar-refractivity contribution in [2.75, 3.05) is 25.1 Å². The summed E-state index contributed by atoms with van der Waals surface area (Å²) in [5, 5.41) is 2.98. The van der Waals surface area contributed by atoms with Crippen molar-refractivity contribution in [3.63, 3.8) is 0 Å². The minimum absolute atomic E-state index is 0.0138. The highest BCUT2D eigenvalue weighted by Crippen LogP contribution is 2.26. The van der Waals surface area contributed by atoms with Gasteiger partial charge in [-0.1, -0.05) is 43.7 Å². The number of methoxy groups -OCH3 is 2. The van der Waals surface area contributed by atoms with E-state index in [1.807, 2.05) is 39.8 Å². The molecule has 9 nitrogen and oxygen atoms in total. The van der Waals surface area contributed by atoms with Crippen LogP contribution in [0.1, 0.15) is 44.7 Å². The number of carbonyl (C=O) groups is 2. The van der Waals surface area contributed by atoms with E-state index in [0.717, 1.165) is 21.9 Å². The van der Waals surface area contributed by atoms with E-state index < -0.39 is 28.5 Å². The molecule has 10 heteroatoms. The fourth-order valence-corrected chi connectivity index (χ4v) is 5.82. The van der Waals surface area contributed by atoms with Crippen LogP contribution < -0.4 is 19.1 Å². The van der Waals surface area contributed by atoms with Gasteiger partial charge in [0.25, 0.3) is 10.0 Å². The molecule has 0 fully saturated rings. The summed E-state index contributed by atoms with van der Waals surface area (Å²) in [4.78, 5) is 29.0. The maximum atomic E-state index is 14.2. The Morgan fingerprint density at radius 3 is 1.88 bits per heavy atom. The first-order chi connectivity index (χ1) is 20.0. The van der Waals surface area contributed by atoms with Crippen LogP contribution in [0.3, 0.4) is 0 Å². The van der Waals surface area contributed by atoms with E-state index in [1.54, 1.807) is 55.6 Å². The van der Waals surface area contributed by atoms with Crippen LogP contribution in [0.25, 0.3) is 0 Å². The molecule has 226 valence electrons. The molecular weight excluding hydrogens is 554 g/mol. The van der Waals surface area contributed by atoms with Gasteiger partial charge >= 0.3 is 0 Å². The molecule has 0 bridgehead atoms. The Hall–Kier alpha value is -4.05. The van der Waals surface area contributed by atoms with Gasteiger partial charge < -0.3 is 19.7 Å². The molecule has 3 rings (SSSR count). The third kappa shape index (κ3) is 8.03. The number of hydrogen-bond acceptors (Lipinski definition) is 6. The lowest BCUT2D eigenvalue weighted by atomic mass is 10.1. The fraction of sp³-hybridized carbons (Fsp3) is 0.375. The van der Waals surface area contributed by atoms with Gasteiger partial charge in [0.05, 0.1) is 24.8 Å². The minimum Gasteiger partial charge on any atom is -0.497 e. The maximum absolute atomic E-state index is 14.2. The quantitative estimate of drug-likeness (QED) is 0.283. The topological polar surface area (TPSA) is 105 Å². The van der Waals surface area contributed by atoms with Crippen LogP contribution in [-0.4, -0.2) is 58.0 Å². The van der Waals surface area contributed by atoms with E-state index in [-0.39, 0.29) is 23.4 Å². The first-order valence-corrected chi connectivity index (χ1v) is 15.4. The molecule has 0 saturated heterocycles. The van der Waals surface area contributed by atoms with Crippen molar-refractivity contribution < 1.29 is 27.5 Å². The summed E-state index contributed by atoms with van der Waals surface area (Å²) in [5.41, 5.74) is 2.06. The number of anilines is 1. The number of nitrogens with one attached hydrogen (secondary N) is 1. The Labute approximate surface area is 249 Å². The number of hydrogen-bond donors (Lipinski definition) is 1. The summed E-state index contributed by atoms with van der Waals surface area (Å²) in [5.74, 6) is 0.383. The summed E-state index contributed by atoms with van der Waals surface area (Å²) >= 11 is 0. The van der Waals surface area contributed by atoms with E-state index in [2.05, 4.69) is 5.32 Å². The third-order valence-corrected chi connectivity index (χ3v) is 8.94. The molecule has 0 unspecified atom stereocenters. The van der Waals surface area contributed by atoms with Gasteiger partial charge in [0.2, 0.25) is 11.8 Å². The zero-order valence-corrected chi connectivity index (χ0v) is 26.0. The van der Waals surface area contributed by atoms with E-state index in [4.69, 9.17) is 9.47 Å². The molecule has 0 spiro atoms. The normalized spacial score (nSPS) is 12.6. The summed E-state index contributed by atoms with van der Waals surface area (Å²) < 4.78 is 39.5. The highest BCUT2D eigenvalue weighted by Gasteiger charge is 2.34. The molecule has 0 aromatic heterocycles. The Morgan fingerprint density at radius 1 is 0.833 bits per heavy atom. The predicted molar refractivity (Wildman–Crippen MR) is 164 cm³/mol. The van der Waals surface area contributed by atoms with Gasteiger partial charge in [-0.15, -0.1) is 0 Å². The number of sulfonamides is 1. The lowest BCUT2D eigenvalue weighted by Gasteiger charge is -2.33. The first kappa shape index (κ1) is 32.5. The number of aryl methyl sites for hydroxylation is 1. The summed E-state index contributed by atoms with van der Waals surface area (Å²) in [6.07, 6.45) is 1.08. The molecule has 3 aromatic carbocycles. The first-order valence-electron chi connectivity index (χ1n) is 14.0. The highest BCUT2D eigenvalue weighted by molar-refractivity contribution is 7.92. The van der Waals surface area contributed by atoms with Gasteiger partial charge in [-0.05, 0) is 80.8 Å². The van der Waals surface area contributed by atoms with Gasteiger partial charge in [-0.2, -0.15) is 0 Å². The largest absolute Gasteiger partial charge is 0.497 e. The van der Waals surface area contributed by atoms with Crippen LogP contribution in [0.15, 0.2) is 77.7 Å². The molecule has 0 heterocycles. The van der Waals surface area contributed by atoms with Crippen molar-refractivity contribution in [1.82, 2.24) is 10.2 Å². The summed E-state index contributed by atoms with van der Waals surface area (Å²) in [7, 11) is -1.10. The molecule has 0 aliphatic rings. The second-order valence-corrected chi connectivity index (χ2v) is 12.0. The van der Waals surface area contributed by atoms with Crippen LogP contribution in [-0.2, 0) is 26.2 Å². The zero-order valence-electron chi connectivity index (χ0n) is 25.2. The number of nitrogens with zero attached hydrogens (tertiary/aromatic N) is 2. The Bertz CT molecular complexity index is 1420. The monoisotopic (exact) mass is 595 g/mol. The number of amides is 2. The van der Waals surface area contributed by atoms with Gasteiger partial charge in [0.1, 0.15) is 24.1 Å². The fourth-order valence-electron chi connectivity index (χ4n) is 4.40. The highest BCUT2D eigenvalue weighted by atomic mass is 32.2. The zero-order chi connectivity index (χ0) is 30.9. The average Bonchev–Trinajstić information content (AvgIpc) is 3.00. The molecule has 0 saturated carbocycles. The second-order valence-electron chi connectivity index (χ2n) is 10.1. The van der Waals surface area contributed by atoms with Crippen molar-refractivity contribution in [2.45, 2.75) is 64.1 Å². The lowest BCUT2D eigenvalue weighted by Crippen LogP contribution is -2.53. The van der Waals surface area contributed by atoms with E-state index in [9.17, 15) is 18.0 Å². The standard InChI is InChI=1S/C32H41N3O6S/c1-7-24(4)33-32(37)30(8-2)34(21-25-11-15-27(40-5)16-12-25)31(36)22-35(26-13-9-23(3)10-14-26)42(38,39)29-19-17-28(41-6)18-20-29/h9-20,24,30H,7-8,21-22H2,1-6H3,(H,33,37)/t24-,30+/m0/s1. The molecule has 3 aromatic rings. The van der Waals surface area contributed by atoms with Crippen molar-refractivity contribution in [1.29, 1.82) is 0 Å². The minimum atomic E-state index is -4.16. The predicted octanol–water partition coefficient (Wildman–Crippen LogP) is 4.93. The second kappa shape index (κ2) is 14.7. The van der Waals surface area contributed by atoms with Crippen LogP contribution in [0, 0.1) is 6.92 Å². The molecule has 0 aliphatic carbocycles. The van der Waals surface area contributed by atoms with Crippen LogP contribution in [0.2, 0.25) is 0 Å². The van der Waals surface area contributed by atoms with E-state index in [1.165, 1.54) is 24.1 Å². The lowest BCUT2D eigenvalue weighted by molar-refractivity contribution is -0.140. The van der Waals surface area contributed by atoms with Gasteiger partial charge in [0, 0.05) is 12.6 Å². The van der Waals surface area contributed by atoms with Crippen molar-refractivity contribution >= 4 is 27.5 Å². The molecule has 0 radical (unpaired) electrons. The Morgan fingerprint density at radius 2 is 1.38 bits per heavy atom. The molecule has 0 aliphatic heterocycles. The average molecular weight is 596 g/mol. The van der Waals surface area contributed by atoms with Gasteiger partial charge in [0.15, 0.2) is 0 Å². The number of benzene rings is 3. The van der Waals surface area contributed by atoms with E-state index in [0.29, 0.717) is 23.6 Å². The third-order valence-electron chi connectivity index (χ3n) is 7.15. The number of ether oxygens (including phenoxy) is 2. The SMILES string of the molecule is CC[C@H](C(=O)N[C@@H](C)CC)N(Cc1ccc(OC)cc1)C(=O)CN(c1ccc(C)cc1)S(=O)(=O)c1ccc(OC)cc1. The van der Waals surface area contributed by atoms with Crippen LogP contribution in [0.5, 0.6) is 11.5 Å². The summed E-state index contributed by atoms with van der Waals surface area (Å²) in [6, 6.07) is 19.3. The Balaban J connectivity index is 2.05. The maximum Gasteiger partial charge on any atom is 0.264 e. The van der Waals surface area contributed by atoms with Gasteiger partial charge in [-0.3, -0.25) is 13.9 Å². The van der Waals surface area contributed by atoms with Crippen LogP contribution in [0.4, 0.5) is 5.69 Å². The molecule has 42 heavy (non-hydrogen) atoms. The molecule has 2 atom stereocenters. The number of carbonyl (C=O) groups excluding carboxylic acids is 2. The molecule has 1 N–H and O–H groups in total. The smallest absolute Gasteiger partial charge is 0.264 e. The number of rotatable bonds is 14. The van der Waals surface area contributed by atoms with Crippen molar-refractivity contribution in [3.05, 3.63) is 83.9 Å².